The van der Waals surface area contributed by atoms with Crippen LogP contribution in [0.25, 0.3) is 10.2 Å². The second kappa shape index (κ2) is 8.94. The Hall–Kier alpha value is -3.42. The molecule has 4 rings (SSSR count). The predicted octanol–water partition coefficient (Wildman–Crippen LogP) is 5.22. The number of carbonyl (C=O) groups excluding carboxylic acids is 2. The number of benzene rings is 3. The summed E-state index contributed by atoms with van der Waals surface area (Å²) < 4.78 is 6.44. The van der Waals surface area contributed by atoms with Crippen molar-refractivity contribution < 1.29 is 14.3 Å². The third-order valence-electron chi connectivity index (χ3n) is 4.09. The average molecular weight is 438 g/mol. The van der Waals surface area contributed by atoms with Gasteiger partial charge in [-0.15, -0.1) is 0 Å². The maximum absolute atomic E-state index is 12.3. The Balaban J connectivity index is 1.34. The van der Waals surface area contributed by atoms with Gasteiger partial charge in [0.15, 0.2) is 11.7 Å². The largest absolute Gasteiger partial charge is 0.484 e. The molecule has 30 heavy (non-hydrogen) atoms. The first-order valence-electron chi connectivity index (χ1n) is 9.02. The lowest BCUT2D eigenvalue weighted by Crippen LogP contribution is -2.20. The Labute approximate surface area is 181 Å². The fourth-order valence-corrected chi connectivity index (χ4v) is 3.87. The van der Waals surface area contributed by atoms with E-state index in [1.165, 1.54) is 11.3 Å². The molecule has 0 aliphatic carbocycles. The van der Waals surface area contributed by atoms with E-state index in [1.807, 2.05) is 6.07 Å². The number of aromatic nitrogens is 1. The van der Waals surface area contributed by atoms with Crippen LogP contribution in [-0.4, -0.2) is 23.4 Å². The second-order valence-electron chi connectivity index (χ2n) is 6.32. The maximum atomic E-state index is 12.3. The number of hydrogen-bond donors (Lipinski definition) is 2. The molecule has 0 bridgehead atoms. The highest BCUT2D eigenvalue weighted by atomic mass is 35.5. The number of rotatable bonds is 6. The number of thiazole rings is 1. The summed E-state index contributed by atoms with van der Waals surface area (Å²) in [5, 5.41) is 6.62. The molecule has 0 unspecified atom stereocenters. The van der Waals surface area contributed by atoms with E-state index in [-0.39, 0.29) is 18.4 Å². The van der Waals surface area contributed by atoms with Gasteiger partial charge in [0.05, 0.1) is 10.2 Å². The predicted molar refractivity (Wildman–Crippen MR) is 120 cm³/mol. The minimum Gasteiger partial charge on any atom is -0.484 e. The molecular weight excluding hydrogens is 422 g/mol. The first kappa shape index (κ1) is 19.9. The smallest absolute Gasteiger partial charge is 0.264 e. The summed E-state index contributed by atoms with van der Waals surface area (Å²) in [4.78, 5) is 28.8. The fourth-order valence-electron chi connectivity index (χ4n) is 2.71. The summed E-state index contributed by atoms with van der Waals surface area (Å²) in [7, 11) is 0. The van der Waals surface area contributed by atoms with Crippen molar-refractivity contribution in [1.29, 1.82) is 0 Å². The van der Waals surface area contributed by atoms with E-state index in [9.17, 15) is 9.59 Å². The number of ether oxygens (including phenoxy) is 1. The lowest BCUT2D eigenvalue weighted by Gasteiger charge is -2.09. The number of amides is 2. The van der Waals surface area contributed by atoms with Crippen LogP contribution in [0.4, 0.5) is 10.8 Å². The highest BCUT2D eigenvalue weighted by molar-refractivity contribution is 7.22. The Bertz CT molecular complexity index is 1210. The molecule has 0 fully saturated rings. The van der Waals surface area contributed by atoms with Gasteiger partial charge in [-0.2, -0.15) is 0 Å². The SMILES string of the molecule is O=C(COc1cccc(NC(=O)c2ccccc2)c1)Nc1nc2ccc(Cl)cc2s1. The quantitative estimate of drug-likeness (QED) is 0.433. The highest BCUT2D eigenvalue weighted by Crippen LogP contribution is 2.28. The van der Waals surface area contributed by atoms with Crippen molar-refractivity contribution in [2.75, 3.05) is 17.2 Å². The number of nitrogens with one attached hydrogen (secondary N) is 2. The summed E-state index contributed by atoms with van der Waals surface area (Å²) in [5.41, 5.74) is 1.90. The number of anilines is 2. The van der Waals surface area contributed by atoms with E-state index < -0.39 is 0 Å². The first-order valence-corrected chi connectivity index (χ1v) is 10.2. The van der Waals surface area contributed by atoms with Crippen LogP contribution >= 0.6 is 22.9 Å². The summed E-state index contributed by atoms with van der Waals surface area (Å²) >= 11 is 7.31. The average Bonchev–Trinajstić information content (AvgIpc) is 3.14. The zero-order valence-electron chi connectivity index (χ0n) is 15.6. The fraction of sp³-hybridized carbons (Fsp3) is 0.0455. The van der Waals surface area contributed by atoms with Crippen molar-refractivity contribution in [1.82, 2.24) is 4.98 Å². The number of hydrogen-bond acceptors (Lipinski definition) is 5. The normalized spacial score (nSPS) is 10.6. The molecule has 0 saturated carbocycles. The van der Waals surface area contributed by atoms with Gasteiger partial charge in [-0.25, -0.2) is 4.98 Å². The Kier molecular flexibility index (Phi) is 5.92. The van der Waals surface area contributed by atoms with Gasteiger partial charge >= 0.3 is 0 Å². The summed E-state index contributed by atoms with van der Waals surface area (Å²) in [6.45, 7) is -0.188. The number of halogens is 1. The summed E-state index contributed by atoms with van der Waals surface area (Å²) in [5.74, 6) is -0.0904. The zero-order chi connectivity index (χ0) is 20.9. The van der Waals surface area contributed by atoms with Gasteiger partial charge < -0.3 is 10.1 Å². The lowest BCUT2D eigenvalue weighted by molar-refractivity contribution is -0.118. The van der Waals surface area contributed by atoms with Crippen molar-refractivity contribution in [3.63, 3.8) is 0 Å². The van der Waals surface area contributed by atoms with Crippen molar-refractivity contribution in [2.24, 2.45) is 0 Å². The molecule has 150 valence electrons. The van der Waals surface area contributed by atoms with Gasteiger partial charge in [-0.05, 0) is 42.5 Å². The van der Waals surface area contributed by atoms with Gasteiger partial charge in [-0.1, -0.05) is 47.2 Å². The molecule has 2 N–H and O–H groups in total. The van der Waals surface area contributed by atoms with Crippen molar-refractivity contribution >= 4 is 55.8 Å². The van der Waals surface area contributed by atoms with Crippen molar-refractivity contribution in [2.45, 2.75) is 0 Å². The number of carbonyl (C=O) groups is 2. The minimum atomic E-state index is -0.334. The van der Waals surface area contributed by atoms with Crippen LogP contribution in [0.2, 0.25) is 5.02 Å². The topological polar surface area (TPSA) is 80.3 Å². The molecule has 0 aliphatic rings. The molecule has 6 nitrogen and oxygen atoms in total. The van der Waals surface area contributed by atoms with Gasteiger partial charge in [0.1, 0.15) is 5.75 Å². The third-order valence-corrected chi connectivity index (χ3v) is 5.26. The second-order valence-corrected chi connectivity index (χ2v) is 7.78. The third kappa shape index (κ3) is 4.94. The Morgan fingerprint density at radius 3 is 2.63 bits per heavy atom. The summed E-state index contributed by atoms with van der Waals surface area (Å²) in [6, 6.07) is 21.1. The molecule has 0 aliphatic heterocycles. The molecular formula is C22H16ClN3O3S. The van der Waals surface area contributed by atoms with E-state index >= 15 is 0 Å². The molecule has 2 amide bonds. The molecule has 1 aromatic heterocycles. The van der Waals surface area contributed by atoms with Crippen LogP contribution in [0.3, 0.4) is 0 Å². The van der Waals surface area contributed by atoms with Crippen molar-refractivity contribution in [3.05, 3.63) is 83.4 Å². The van der Waals surface area contributed by atoms with Crippen LogP contribution in [0, 0.1) is 0 Å². The minimum absolute atomic E-state index is 0.188. The van der Waals surface area contributed by atoms with Crippen LogP contribution in [0.1, 0.15) is 10.4 Å². The number of fused-ring (bicyclic) bond motifs is 1. The molecule has 3 aromatic carbocycles. The van der Waals surface area contributed by atoms with E-state index in [0.29, 0.717) is 27.2 Å². The molecule has 0 atom stereocenters. The van der Waals surface area contributed by atoms with E-state index in [4.69, 9.17) is 16.3 Å². The molecule has 0 radical (unpaired) electrons. The van der Waals surface area contributed by atoms with E-state index in [1.54, 1.807) is 66.7 Å². The van der Waals surface area contributed by atoms with Crippen LogP contribution in [0.15, 0.2) is 72.8 Å². The van der Waals surface area contributed by atoms with E-state index in [0.717, 1.165) is 10.2 Å². The standard InChI is InChI=1S/C22H16ClN3O3S/c23-15-9-10-18-19(11-15)30-22(25-18)26-20(27)13-29-17-8-4-7-16(12-17)24-21(28)14-5-2-1-3-6-14/h1-12H,13H2,(H,24,28)(H,25,26,27). The van der Waals surface area contributed by atoms with Crippen LogP contribution in [-0.2, 0) is 4.79 Å². The zero-order valence-corrected chi connectivity index (χ0v) is 17.2. The summed E-state index contributed by atoms with van der Waals surface area (Å²) in [6.07, 6.45) is 0. The molecule has 1 heterocycles. The lowest BCUT2D eigenvalue weighted by atomic mass is 10.2. The van der Waals surface area contributed by atoms with Crippen LogP contribution in [0.5, 0.6) is 5.75 Å². The molecule has 0 spiro atoms. The van der Waals surface area contributed by atoms with Gasteiger partial charge in [0, 0.05) is 22.3 Å². The van der Waals surface area contributed by atoms with Gasteiger partial charge in [0.2, 0.25) is 0 Å². The van der Waals surface area contributed by atoms with Gasteiger partial charge in [0.25, 0.3) is 11.8 Å². The first-order chi connectivity index (χ1) is 14.6. The van der Waals surface area contributed by atoms with Gasteiger partial charge in [-0.3, -0.25) is 14.9 Å². The monoisotopic (exact) mass is 437 g/mol. The molecule has 4 aromatic rings. The van der Waals surface area contributed by atoms with E-state index in [2.05, 4.69) is 15.6 Å². The molecule has 8 heteroatoms. The Morgan fingerprint density at radius 2 is 1.80 bits per heavy atom. The Morgan fingerprint density at radius 1 is 0.967 bits per heavy atom. The van der Waals surface area contributed by atoms with Crippen LogP contribution < -0.4 is 15.4 Å². The number of nitrogens with zero attached hydrogens (tertiary/aromatic N) is 1. The van der Waals surface area contributed by atoms with Crippen molar-refractivity contribution in [3.8, 4) is 5.75 Å². The maximum Gasteiger partial charge on any atom is 0.264 e. The highest BCUT2D eigenvalue weighted by Gasteiger charge is 2.10. The molecule has 0 saturated heterocycles.